The quantitative estimate of drug-likeness (QED) is 0.864. The molecule has 0 saturated carbocycles. The molecule has 1 saturated heterocycles. The predicted molar refractivity (Wildman–Crippen MR) is 85.3 cm³/mol. The van der Waals surface area contributed by atoms with Gasteiger partial charge in [-0.3, -0.25) is 4.90 Å². The van der Waals surface area contributed by atoms with Crippen molar-refractivity contribution in [2.45, 2.75) is 33.2 Å². The molecule has 1 atom stereocenters. The molecular formula is C16H28N4. The largest absolute Gasteiger partial charge is 0.354 e. The Labute approximate surface area is 123 Å². The molecule has 0 aliphatic carbocycles. The predicted octanol–water partition coefficient (Wildman–Crippen LogP) is 2.28. The van der Waals surface area contributed by atoms with E-state index in [0.29, 0.717) is 6.04 Å². The Bertz CT molecular complexity index is 382. The lowest BCUT2D eigenvalue weighted by Gasteiger charge is -2.35. The molecule has 0 bridgehead atoms. The Morgan fingerprint density at radius 3 is 2.50 bits per heavy atom. The van der Waals surface area contributed by atoms with Crippen molar-refractivity contribution in [3.63, 3.8) is 0 Å². The smallest absolute Gasteiger partial charge is 0.128 e. The van der Waals surface area contributed by atoms with E-state index in [2.05, 4.69) is 53.0 Å². The van der Waals surface area contributed by atoms with Gasteiger partial charge in [-0.2, -0.15) is 0 Å². The molecule has 0 aromatic carbocycles. The van der Waals surface area contributed by atoms with Crippen LogP contribution in [0.1, 0.15) is 38.8 Å². The molecule has 1 aromatic rings. The van der Waals surface area contributed by atoms with Crippen LogP contribution in [0.3, 0.4) is 0 Å². The van der Waals surface area contributed by atoms with Crippen molar-refractivity contribution >= 4 is 5.82 Å². The standard InChI is InChI=1S/C16H28N4/c1-4-8-19-9-11-20(12-10-19)16-7-6-15(13-18-16)14(3)17-5-2/h6-7,13-14,17H,4-5,8-12H2,1-3H3. The van der Waals surface area contributed by atoms with Crippen LogP contribution >= 0.6 is 0 Å². The van der Waals surface area contributed by atoms with Crippen LogP contribution in [0.4, 0.5) is 5.82 Å². The van der Waals surface area contributed by atoms with Gasteiger partial charge in [-0.25, -0.2) is 4.98 Å². The van der Waals surface area contributed by atoms with Crippen molar-refractivity contribution in [1.29, 1.82) is 0 Å². The molecule has 1 fully saturated rings. The third-order valence-corrected chi connectivity index (χ3v) is 4.02. The summed E-state index contributed by atoms with van der Waals surface area (Å²) in [5, 5.41) is 3.42. The summed E-state index contributed by atoms with van der Waals surface area (Å²) in [4.78, 5) is 9.58. The lowest BCUT2D eigenvalue weighted by Crippen LogP contribution is -2.46. The maximum Gasteiger partial charge on any atom is 0.128 e. The van der Waals surface area contributed by atoms with Gasteiger partial charge in [0.1, 0.15) is 5.82 Å². The number of aromatic nitrogens is 1. The second-order valence-corrected chi connectivity index (χ2v) is 5.56. The van der Waals surface area contributed by atoms with E-state index in [-0.39, 0.29) is 0 Å². The highest BCUT2D eigenvalue weighted by Gasteiger charge is 2.17. The summed E-state index contributed by atoms with van der Waals surface area (Å²) in [6.45, 7) is 13.3. The molecule has 112 valence electrons. The lowest BCUT2D eigenvalue weighted by molar-refractivity contribution is 0.258. The summed E-state index contributed by atoms with van der Waals surface area (Å²) in [5.74, 6) is 1.12. The zero-order chi connectivity index (χ0) is 14.4. The molecule has 20 heavy (non-hydrogen) atoms. The van der Waals surface area contributed by atoms with E-state index >= 15 is 0 Å². The maximum atomic E-state index is 4.64. The van der Waals surface area contributed by atoms with Gasteiger partial charge in [-0.05, 0) is 38.1 Å². The molecule has 0 spiro atoms. The highest BCUT2D eigenvalue weighted by Crippen LogP contribution is 2.17. The second kappa shape index (κ2) is 7.60. The molecule has 4 heteroatoms. The monoisotopic (exact) mass is 276 g/mol. The van der Waals surface area contributed by atoms with Crippen LogP contribution in [0, 0.1) is 0 Å². The first kappa shape index (κ1) is 15.3. The average molecular weight is 276 g/mol. The lowest BCUT2D eigenvalue weighted by atomic mass is 10.1. The molecule has 2 heterocycles. The number of hydrogen-bond acceptors (Lipinski definition) is 4. The van der Waals surface area contributed by atoms with E-state index in [4.69, 9.17) is 0 Å². The van der Waals surface area contributed by atoms with Crippen LogP contribution in [-0.4, -0.2) is 49.2 Å². The molecule has 1 aliphatic heterocycles. The van der Waals surface area contributed by atoms with Crippen molar-refractivity contribution in [3.05, 3.63) is 23.9 Å². The van der Waals surface area contributed by atoms with Gasteiger partial charge in [0.2, 0.25) is 0 Å². The zero-order valence-corrected chi connectivity index (χ0v) is 13.1. The van der Waals surface area contributed by atoms with Gasteiger partial charge in [0.15, 0.2) is 0 Å². The second-order valence-electron chi connectivity index (χ2n) is 5.56. The summed E-state index contributed by atoms with van der Waals surface area (Å²) in [5.41, 5.74) is 1.26. The van der Waals surface area contributed by atoms with Crippen LogP contribution in [0.25, 0.3) is 0 Å². The molecule has 4 nitrogen and oxygen atoms in total. The molecule has 1 aliphatic rings. The van der Waals surface area contributed by atoms with Crippen LogP contribution in [-0.2, 0) is 0 Å². The van der Waals surface area contributed by atoms with Gasteiger partial charge in [0, 0.05) is 38.4 Å². The third-order valence-electron chi connectivity index (χ3n) is 4.02. The summed E-state index contributed by atoms with van der Waals surface area (Å²) in [7, 11) is 0. The van der Waals surface area contributed by atoms with Crippen LogP contribution < -0.4 is 10.2 Å². The first-order valence-electron chi connectivity index (χ1n) is 7.91. The van der Waals surface area contributed by atoms with Crippen LogP contribution in [0.5, 0.6) is 0 Å². The number of pyridine rings is 1. The van der Waals surface area contributed by atoms with Crippen molar-refractivity contribution in [2.75, 3.05) is 44.2 Å². The van der Waals surface area contributed by atoms with E-state index in [1.54, 1.807) is 0 Å². The Morgan fingerprint density at radius 1 is 1.20 bits per heavy atom. The van der Waals surface area contributed by atoms with E-state index in [1.807, 2.05) is 6.20 Å². The average Bonchev–Trinajstić information content (AvgIpc) is 2.49. The van der Waals surface area contributed by atoms with Gasteiger partial charge in [-0.15, -0.1) is 0 Å². The fourth-order valence-corrected chi connectivity index (χ4v) is 2.78. The van der Waals surface area contributed by atoms with Gasteiger partial charge in [0.25, 0.3) is 0 Å². The zero-order valence-electron chi connectivity index (χ0n) is 13.1. The van der Waals surface area contributed by atoms with Gasteiger partial charge in [-0.1, -0.05) is 19.9 Å². The fourth-order valence-electron chi connectivity index (χ4n) is 2.78. The van der Waals surface area contributed by atoms with Crippen molar-refractivity contribution < 1.29 is 0 Å². The van der Waals surface area contributed by atoms with Gasteiger partial charge in [0.05, 0.1) is 0 Å². The van der Waals surface area contributed by atoms with Crippen LogP contribution in [0.2, 0.25) is 0 Å². The molecule has 1 N–H and O–H groups in total. The van der Waals surface area contributed by atoms with Gasteiger partial charge >= 0.3 is 0 Å². The highest BCUT2D eigenvalue weighted by atomic mass is 15.3. The van der Waals surface area contributed by atoms with Crippen molar-refractivity contribution in [2.24, 2.45) is 0 Å². The normalized spacial score (nSPS) is 18.2. The fraction of sp³-hybridized carbons (Fsp3) is 0.688. The Balaban J connectivity index is 1.91. The summed E-state index contributed by atoms with van der Waals surface area (Å²) < 4.78 is 0. The number of anilines is 1. The number of hydrogen-bond donors (Lipinski definition) is 1. The highest BCUT2D eigenvalue weighted by molar-refractivity contribution is 5.40. The van der Waals surface area contributed by atoms with Crippen LogP contribution in [0.15, 0.2) is 18.3 Å². The minimum Gasteiger partial charge on any atom is -0.354 e. The maximum absolute atomic E-state index is 4.64. The minimum absolute atomic E-state index is 0.378. The Kier molecular flexibility index (Phi) is 5.80. The van der Waals surface area contributed by atoms with Crippen molar-refractivity contribution in [1.82, 2.24) is 15.2 Å². The van der Waals surface area contributed by atoms with E-state index in [0.717, 1.165) is 38.5 Å². The Hall–Kier alpha value is -1.13. The minimum atomic E-state index is 0.378. The number of piperazine rings is 1. The number of nitrogens with one attached hydrogen (secondary N) is 1. The molecule has 0 amide bonds. The summed E-state index contributed by atoms with van der Waals surface area (Å²) in [6.07, 6.45) is 3.26. The molecule has 1 unspecified atom stereocenters. The molecule has 1 aromatic heterocycles. The summed E-state index contributed by atoms with van der Waals surface area (Å²) in [6, 6.07) is 4.75. The third kappa shape index (κ3) is 3.93. The molecular weight excluding hydrogens is 248 g/mol. The van der Waals surface area contributed by atoms with E-state index in [9.17, 15) is 0 Å². The van der Waals surface area contributed by atoms with E-state index in [1.165, 1.54) is 18.5 Å². The molecule has 0 radical (unpaired) electrons. The SMILES string of the molecule is CCCN1CCN(c2ccc(C(C)NCC)cn2)CC1. The summed E-state index contributed by atoms with van der Waals surface area (Å²) >= 11 is 0. The number of rotatable bonds is 6. The van der Waals surface area contributed by atoms with E-state index < -0.39 is 0 Å². The topological polar surface area (TPSA) is 31.4 Å². The molecule has 2 rings (SSSR count). The number of nitrogens with zero attached hydrogens (tertiary/aromatic N) is 3. The van der Waals surface area contributed by atoms with Gasteiger partial charge < -0.3 is 10.2 Å². The first-order chi connectivity index (χ1) is 9.74. The Morgan fingerprint density at radius 2 is 1.95 bits per heavy atom. The van der Waals surface area contributed by atoms with Crippen molar-refractivity contribution in [3.8, 4) is 0 Å². The first-order valence-corrected chi connectivity index (χ1v) is 7.91.